The number of nitrogens with two attached hydrogens (primary N) is 1. The highest BCUT2D eigenvalue weighted by atomic mass is 32.2. The zero-order valence-corrected chi connectivity index (χ0v) is 11.1. The summed E-state index contributed by atoms with van der Waals surface area (Å²) < 4.78 is 23.4. The van der Waals surface area contributed by atoms with Crippen LogP contribution in [0.2, 0.25) is 0 Å². The summed E-state index contributed by atoms with van der Waals surface area (Å²) in [6.45, 7) is 0.587. The van der Waals surface area contributed by atoms with E-state index in [4.69, 9.17) is 5.84 Å². The van der Waals surface area contributed by atoms with E-state index in [0.29, 0.717) is 12.2 Å². The summed E-state index contributed by atoms with van der Waals surface area (Å²) in [5.74, 6) is 5.97. The first kappa shape index (κ1) is 13.4. The maximum Gasteiger partial charge on any atom is 0.222 e. The van der Waals surface area contributed by atoms with E-state index in [0.717, 1.165) is 11.3 Å². The number of thiol groups is 1. The molecular weight excluding hydrogens is 262 g/mol. The smallest absolute Gasteiger partial charge is 0.222 e. The molecule has 19 heavy (non-hydrogen) atoms. The lowest BCUT2D eigenvalue weighted by atomic mass is 10.2. The van der Waals surface area contributed by atoms with E-state index in [1.807, 2.05) is 30.3 Å². The van der Waals surface area contributed by atoms with Crippen molar-refractivity contribution in [3.05, 3.63) is 60.2 Å². The molecule has 0 fully saturated rings. The number of rotatable bonds is 5. The molecule has 5 nitrogen and oxygen atoms in total. The monoisotopic (exact) mass is 277 g/mol. The SMILES string of the molecule is NN(Cc1ccccc1)c1ccc(N[SH](=O)=O)cc1. The molecule has 0 radical (unpaired) electrons. The van der Waals surface area contributed by atoms with Crippen molar-refractivity contribution in [1.82, 2.24) is 0 Å². The summed E-state index contributed by atoms with van der Waals surface area (Å²) in [5, 5.41) is 1.61. The van der Waals surface area contributed by atoms with Crippen LogP contribution in [0.1, 0.15) is 5.56 Å². The Hall–Kier alpha value is -2.05. The van der Waals surface area contributed by atoms with Gasteiger partial charge >= 0.3 is 0 Å². The molecule has 0 atom stereocenters. The summed E-state index contributed by atoms with van der Waals surface area (Å²) in [6, 6.07) is 16.7. The predicted octanol–water partition coefficient (Wildman–Crippen LogP) is 1.51. The minimum Gasteiger partial charge on any atom is -0.307 e. The van der Waals surface area contributed by atoms with Crippen molar-refractivity contribution in [2.75, 3.05) is 9.73 Å². The molecule has 6 heteroatoms. The number of hydrogen-bond acceptors (Lipinski definition) is 4. The molecule has 0 unspecified atom stereocenters. The molecule has 0 aliphatic carbocycles. The Balaban J connectivity index is 2.05. The van der Waals surface area contributed by atoms with Crippen molar-refractivity contribution < 1.29 is 8.42 Å². The van der Waals surface area contributed by atoms with Gasteiger partial charge in [0, 0.05) is 5.69 Å². The first-order valence-electron chi connectivity index (χ1n) is 5.72. The molecule has 2 aromatic rings. The first-order valence-corrected chi connectivity index (χ1v) is 6.90. The quantitative estimate of drug-likeness (QED) is 0.440. The van der Waals surface area contributed by atoms with Gasteiger partial charge in [-0.25, -0.2) is 14.3 Å². The Bertz CT molecular complexity index is 589. The van der Waals surface area contributed by atoms with Crippen LogP contribution in [0.25, 0.3) is 0 Å². The topological polar surface area (TPSA) is 75.4 Å². The first-order chi connectivity index (χ1) is 9.15. The standard InChI is InChI=1S/C13H15N3O2S/c14-16(10-11-4-2-1-3-5-11)13-8-6-12(7-9-13)15-19(17)18/h1-9,19H,10,14H2,(H,15,17,18). The summed E-state index contributed by atoms with van der Waals surface area (Å²) in [6.07, 6.45) is 0. The van der Waals surface area contributed by atoms with Gasteiger partial charge in [0.1, 0.15) is 0 Å². The second-order valence-corrected chi connectivity index (χ2v) is 4.77. The molecule has 0 aliphatic rings. The van der Waals surface area contributed by atoms with Crippen molar-refractivity contribution in [2.24, 2.45) is 5.84 Å². The van der Waals surface area contributed by atoms with Crippen LogP contribution >= 0.6 is 0 Å². The number of benzene rings is 2. The van der Waals surface area contributed by atoms with Gasteiger partial charge in [0.25, 0.3) is 0 Å². The van der Waals surface area contributed by atoms with Crippen molar-refractivity contribution >= 4 is 22.3 Å². The number of hydrogen-bond donors (Lipinski definition) is 3. The fraction of sp³-hybridized carbons (Fsp3) is 0.0769. The van der Waals surface area contributed by atoms with E-state index in [-0.39, 0.29) is 0 Å². The van der Waals surface area contributed by atoms with E-state index in [1.165, 1.54) is 0 Å². The van der Waals surface area contributed by atoms with Crippen LogP contribution in [0.3, 0.4) is 0 Å². The molecule has 0 bridgehead atoms. The zero-order chi connectivity index (χ0) is 13.7. The third kappa shape index (κ3) is 3.97. The lowest BCUT2D eigenvalue weighted by Gasteiger charge is -2.19. The normalized spacial score (nSPS) is 10.4. The minimum atomic E-state index is -2.64. The van der Waals surface area contributed by atoms with Gasteiger partial charge in [-0.05, 0) is 29.8 Å². The molecule has 0 amide bonds. The molecule has 0 aromatic heterocycles. The van der Waals surface area contributed by atoms with Gasteiger partial charge in [0.05, 0.1) is 12.2 Å². The Labute approximate surface area is 113 Å². The van der Waals surface area contributed by atoms with Crippen molar-refractivity contribution in [2.45, 2.75) is 6.54 Å². The maximum absolute atomic E-state index is 10.5. The highest BCUT2D eigenvalue weighted by molar-refractivity contribution is 7.73. The van der Waals surface area contributed by atoms with Crippen LogP contribution in [0.5, 0.6) is 0 Å². The lowest BCUT2D eigenvalue weighted by molar-refractivity contribution is 0.619. The molecule has 100 valence electrons. The Morgan fingerprint density at radius 1 is 1.00 bits per heavy atom. The minimum absolute atomic E-state index is 0.521. The van der Waals surface area contributed by atoms with Crippen LogP contribution in [0.15, 0.2) is 54.6 Å². The average Bonchev–Trinajstić information content (AvgIpc) is 2.40. The predicted molar refractivity (Wildman–Crippen MR) is 77.2 cm³/mol. The summed E-state index contributed by atoms with van der Waals surface area (Å²) >= 11 is 0. The van der Waals surface area contributed by atoms with E-state index in [1.54, 1.807) is 29.3 Å². The second-order valence-electron chi connectivity index (χ2n) is 4.03. The third-order valence-electron chi connectivity index (χ3n) is 2.62. The fourth-order valence-electron chi connectivity index (χ4n) is 1.70. The van der Waals surface area contributed by atoms with Gasteiger partial charge in [-0.1, -0.05) is 30.3 Å². The van der Waals surface area contributed by atoms with E-state index >= 15 is 0 Å². The second kappa shape index (κ2) is 6.21. The largest absolute Gasteiger partial charge is 0.307 e. The van der Waals surface area contributed by atoms with Gasteiger partial charge in [0.2, 0.25) is 10.9 Å². The van der Waals surface area contributed by atoms with Crippen molar-refractivity contribution in [3.8, 4) is 0 Å². The lowest BCUT2D eigenvalue weighted by Crippen LogP contribution is -2.29. The number of nitrogens with zero attached hydrogens (tertiary/aromatic N) is 1. The molecule has 0 saturated carbocycles. The molecule has 0 aliphatic heterocycles. The molecule has 0 spiro atoms. The number of anilines is 2. The van der Waals surface area contributed by atoms with E-state index < -0.39 is 10.9 Å². The van der Waals surface area contributed by atoms with Crippen molar-refractivity contribution in [1.29, 1.82) is 0 Å². The van der Waals surface area contributed by atoms with Crippen LogP contribution in [-0.4, -0.2) is 8.42 Å². The average molecular weight is 277 g/mol. The maximum atomic E-state index is 10.5. The number of nitrogens with one attached hydrogen (secondary N) is 1. The molecule has 0 saturated heterocycles. The molecule has 0 heterocycles. The fourth-order valence-corrected chi connectivity index (χ4v) is 2.06. The van der Waals surface area contributed by atoms with Gasteiger partial charge in [-0.3, -0.25) is 4.72 Å². The molecule has 2 rings (SSSR count). The van der Waals surface area contributed by atoms with E-state index in [9.17, 15) is 8.42 Å². The van der Waals surface area contributed by atoms with Gasteiger partial charge in [-0.2, -0.15) is 0 Å². The summed E-state index contributed by atoms with van der Waals surface area (Å²) in [4.78, 5) is 0. The van der Waals surface area contributed by atoms with Crippen LogP contribution < -0.4 is 15.6 Å². The Kier molecular flexibility index (Phi) is 4.38. The van der Waals surface area contributed by atoms with Crippen LogP contribution in [0.4, 0.5) is 11.4 Å². The highest BCUT2D eigenvalue weighted by Crippen LogP contribution is 2.17. The Morgan fingerprint density at radius 2 is 1.63 bits per heavy atom. The summed E-state index contributed by atoms with van der Waals surface area (Å²) in [5.41, 5.74) is 2.44. The van der Waals surface area contributed by atoms with Crippen molar-refractivity contribution in [3.63, 3.8) is 0 Å². The van der Waals surface area contributed by atoms with Gasteiger partial charge in [-0.15, -0.1) is 0 Å². The highest BCUT2D eigenvalue weighted by Gasteiger charge is 2.02. The van der Waals surface area contributed by atoms with E-state index in [2.05, 4.69) is 4.72 Å². The van der Waals surface area contributed by atoms with Crippen LogP contribution in [0, 0.1) is 0 Å². The van der Waals surface area contributed by atoms with Crippen LogP contribution in [-0.2, 0) is 17.4 Å². The molecule has 2 aromatic carbocycles. The molecular formula is C13H15N3O2S. The number of hydrazine groups is 1. The Morgan fingerprint density at radius 3 is 2.21 bits per heavy atom. The third-order valence-corrected chi connectivity index (χ3v) is 3.06. The molecule has 3 N–H and O–H groups in total. The van der Waals surface area contributed by atoms with Gasteiger partial charge in [0.15, 0.2) is 0 Å². The van der Waals surface area contributed by atoms with Gasteiger partial charge < -0.3 is 5.01 Å². The zero-order valence-electron chi connectivity index (χ0n) is 10.2. The summed E-state index contributed by atoms with van der Waals surface area (Å²) in [7, 11) is -2.64.